The number of rotatable bonds is 0. The molecule has 0 radical (unpaired) electrons. The molecule has 68 valence electrons. The van der Waals surface area contributed by atoms with E-state index in [2.05, 4.69) is 35.3 Å². The van der Waals surface area contributed by atoms with E-state index >= 15 is 0 Å². The number of fused-ring (bicyclic) bond motifs is 1. The van der Waals surface area contributed by atoms with Crippen molar-refractivity contribution in [2.45, 2.75) is 13.0 Å². The highest BCUT2D eigenvalue weighted by molar-refractivity contribution is 7.80. The minimum absolute atomic E-state index is 0.366. The molecule has 2 rings (SSSR count). The molecule has 1 aromatic rings. The van der Waals surface area contributed by atoms with E-state index in [0.29, 0.717) is 6.04 Å². The molecular formula is C10H12N2S. The summed E-state index contributed by atoms with van der Waals surface area (Å²) in [5.41, 5.74) is 2.44. The van der Waals surface area contributed by atoms with E-state index in [-0.39, 0.29) is 0 Å². The molecule has 0 saturated heterocycles. The highest BCUT2D eigenvalue weighted by Crippen LogP contribution is 2.30. The first-order valence-corrected chi connectivity index (χ1v) is 4.73. The van der Waals surface area contributed by atoms with Crippen molar-refractivity contribution in [1.82, 2.24) is 4.90 Å². The van der Waals surface area contributed by atoms with Gasteiger partial charge in [-0.15, -0.1) is 0 Å². The normalized spacial score (nSPS) is 20.9. The fourth-order valence-corrected chi connectivity index (χ4v) is 1.83. The lowest BCUT2D eigenvalue weighted by Gasteiger charge is -2.34. The molecule has 1 aliphatic heterocycles. The lowest BCUT2D eigenvalue weighted by molar-refractivity contribution is 0.402. The molecule has 1 N–H and O–H groups in total. The van der Waals surface area contributed by atoms with E-state index in [1.807, 2.05) is 13.1 Å². The first-order chi connectivity index (χ1) is 6.20. The SMILES string of the molecule is CC1c2ccccc2NC(=S)N1C. The Morgan fingerprint density at radius 2 is 2.08 bits per heavy atom. The molecule has 0 aliphatic carbocycles. The number of thiocarbonyl (C=S) groups is 1. The van der Waals surface area contributed by atoms with E-state index in [0.717, 1.165) is 10.8 Å². The van der Waals surface area contributed by atoms with Gasteiger partial charge in [0.1, 0.15) is 0 Å². The third kappa shape index (κ3) is 1.29. The van der Waals surface area contributed by atoms with Crippen LogP contribution in [0.3, 0.4) is 0 Å². The molecule has 0 bridgehead atoms. The standard InChI is InChI=1S/C10H12N2S/c1-7-8-5-3-4-6-9(8)11-10(13)12(7)2/h3-7H,1-2H3,(H,11,13). The first kappa shape index (κ1) is 8.51. The molecule has 0 spiro atoms. The summed E-state index contributed by atoms with van der Waals surface area (Å²) in [4.78, 5) is 2.07. The van der Waals surface area contributed by atoms with Crippen LogP contribution in [0.15, 0.2) is 24.3 Å². The Kier molecular flexibility index (Phi) is 1.96. The van der Waals surface area contributed by atoms with E-state index < -0.39 is 0 Å². The van der Waals surface area contributed by atoms with Crippen LogP contribution in [0.25, 0.3) is 0 Å². The maximum absolute atomic E-state index is 5.20. The predicted octanol–water partition coefficient (Wildman–Crippen LogP) is 2.39. The number of benzene rings is 1. The zero-order valence-corrected chi connectivity index (χ0v) is 8.56. The van der Waals surface area contributed by atoms with Crippen LogP contribution in [0, 0.1) is 0 Å². The van der Waals surface area contributed by atoms with E-state index in [1.165, 1.54) is 5.56 Å². The molecule has 1 heterocycles. The quantitative estimate of drug-likeness (QED) is 0.635. The number of anilines is 1. The summed E-state index contributed by atoms with van der Waals surface area (Å²) in [5, 5.41) is 3.99. The number of para-hydroxylation sites is 1. The Labute approximate surface area is 83.6 Å². The summed E-state index contributed by atoms with van der Waals surface area (Å²) < 4.78 is 0. The lowest BCUT2D eigenvalue weighted by Crippen LogP contribution is -2.37. The Bertz CT molecular complexity index is 349. The maximum atomic E-state index is 5.20. The van der Waals surface area contributed by atoms with Gasteiger partial charge < -0.3 is 10.2 Å². The average molecular weight is 192 g/mol. The van der Waals surface area contributed by atoms with Gasteiger partial charge in [-0.3, -0.25) is 0 Å². The van der Waals surface area contributed by atoms with Gasteiger partial charge in [0.15, 0.2) is 5.11 Å². The Balaban J connectivity index is 2.49. The van der Waals surface area contributed by atoms with Crippen molar-refractivity contribution in [3.8, 4) is 0 Å². The van der Waals surface area contributed by atoms with Crippen molar-refractivity contribution in [2.24, 2.45) is 0 Å². The molecule has 1 aliphatic rings. The van der Waals surface area contributed by atoms with Gasteiger partial charge in [0.2, 0.25) is 0 Å². The number of nitrogens with one attached hydrogen (secondary N) is 1. The van der Waals surface area contributed by atoms with Gasteiger partial charge in [-0.2, -0.15) is 0 Å². The van der Waals surface area contributed by atoms with E-state index in [4.69, 9.17) is 12.2 Å². The van der Waals surface area contributed by atoms with E-state index in [9.17, 15) is 0 Å². The Morgan fingerprint density at radius 1 is 1.38 bits per heavy atom. The second-order valence-electron chi connectivity index (χ2n) is 3.30. The molecular weight excluding hydrogens is 180 g/mol. The van der Waals surface area contributed by atoms with Gasteiger partial charge in [-0.1, -0.05) is 18.2 Å². The fraction of sp³-hybridized carbons (Fsp3) is 0.300. The molecule has 0 saturated carbocycles. The number of hydrogen-bond acceptors (Lipinski definition) is 1. The first-order valence-electron chi connectivity index (χ1n) is 4.33. The molecule has 0 amide bonds. The molecule has 1 aromatic carbocycles. The zero-order valence-electron chi connectivity index (χ0n) is 7.74. The smallest absolute Gasteiger partial charge is 0.173 e. The van der Waals surface area contributed by atoms with Crippen LogP contribution in [0.1, 0.15) is 18.5 Å². The van der Waals surface area contributed by atoms with Gasteiger partial charge >= 0.3 is 0 Å². The Morgan fingerprint density at radius 3 is 2.85 bits per heavy atom. The van der Waals surface area contributed by atoms with Crippen LogP contribution in [0.5, 0.6) is 0 Å². The summed E-state index contributed by atoms with van der Waals surface area (Å²) in [6.07, 6.45) is 0. The molecule has 3 heteroatoms. The molecule has 0 fully saturated rings. The van der Waals surface area contributed by atoms with Crippen LogP contribution in [0.2, 0.25) is 0 Å². The Hall–Kier alpha value is -1.09. The van der Waals surface area contributed by atoms with Crippen LogP contribution < -0.4 is 5.32 Å². The maximum Gasteiger partial charge on any atom is 0.173 e. The summed E-state index contributed by atoms with van der Waals surface area (Å²) in [6.45, 7) is 2.16. The molecule has 2 nitrogen and oxygen atoms in total. The zero-order chi connectivity index (χ0) is 9.42. The molecule has 1 unspecified atom stereocenters. The summed E-state index contributed by atoms with van der Waals surface area (Å²) in [6, 6.07) is 8.63. The van der Waals surface area contributed by atoms with Gasteiger partial charge in [-0.05, 0) is 30.8 Å². The monoisotopic (exact) mass is 192 g/mol. The summed E-state index contributed by atoms with van der Waals surface area (Å²) >= 11 is 5.20. The van der Waals surface area contributed by atoms with Crippen LogP contribution >= 0.6 is 12.2 Å². The number of hydrogen-bond donors (Lipinski definition) is 1. The largest absolute Gasteiger partial charge is 0.345 e. The highest BCUT2D eigenvalue weighted by Gasteiger charge is 2.22. The average Bonchev–Trinajstić information content (AvgIpc) is 2.15. The third-order valence-corrected chi connectivity index (χ3v) is 2.94. The second-order valence-corrected chi connectivity index (χ2v) is 3.69. The van der Waals surface area contributed by atoms with Crippen molar-refractivity contribution in [2.75, 3.05) is 12.4 Å². The third-order valence-electron chi connectivity index (χ3n) is 2.55. The van der Waals surface area contributed by atoms with Gasteiger partial charge in [0, 0.05) is 12.7 Å². The topological polar surface area (TPSA) is 15.3 Å². The lowest BCUT2D eigenvalue weighted by atomic mass is 10.0. The molecule has 0 aromatic heterocycles. The number of nitrogens with zero attached hydrogens (tertiary/aromatic N) is 1. The van der Waals surface area contributed by atoms with Crippen LogP contribution in [0.4, 0.5) is 5.69 Å². The van der Waals surface area contributed by atoms with Crippen molar-refractivity contribution in [1.29, 1.82) is 0 Å². The minimum atomic E-state index is 0.366. The van der Waals surface area contributed by atoms with Crippen molar-refractivity contribution >= 4 is 23.0 Å². The predicted molar refractivity (Wildman–Crippen MR) is 58.8 cm³/mol. The van der Waals surface area contributed by atoms with Gasteiger partial charge in [-0.25, -0.2) is 0 Å². The molecule has 13 heavy (non-hydrogen) atoms. The second kappa shape index (κ2) is 3.00. The fourth-order valence-electron chi connectivity index (χ4n) is 1.56. The molecule has 1 atom stereocenters. The summed E-state index contributed by atoms with van der Waals surface area (Å²) in [7, 11) is 2.01. The van der Waals surface area contributed by atoms with Crippen LogP contribution in [-0.2, 0) is 0 Å². The van der Waals surface area contributed by atoms with Gasteiger partial charge in [0.05, 0.1) is 6.04 Å². The van der Waals surface area contributed by atoms with E-state index in [1.54, 1.807) is 0 Å². The van der Waals surface area contributed by atoms with Crippen molar-refractivity contribution < 1.29 is 0 Å². The van der Waals surface area contributed by atoms with Crippen molar-refractivity contribution in [3.63, 3.8) is 0 Å². The van der Waals surface area contributed by atoms with Gasteiger partial charge in [0.25, 0.3) is 0 Å². The van der Waals surface area contributed by atoms with Crippen LogP contribution in [-0.4, -0.2) is 17.1 Å². The highest BCUT2D eigenvalue weighted by atomic mass is 32.1. The minimum Gasteiger partial charge on any atom is -0.345 e. The van der Waals surface area contributed by atoms with Crippen molar-refractivity contribution in [3.05, 3.63) is 29.8 Å². The summed E-state index contributed by atoms with van der Waals surface area (Å²) in [5.74, 6) is 0.